The topological polar surface area (TPSA) is 30.7 Å². The number of hydrogen-bond donors (Lipinski definition) is 0. The summed E-state index contributed by atoms with van der Waals surface area (Å²) in [6.45, 7) is 0. The minimum Gasteiger partial charge on any atom is -0.290 e. The Morgan fingerprint density at radius 3 is 1.66 bits per heavy atom. The lowest BCUT2D eigenvalue weighted by Gasteiger charge is -2.34. The summed E-state index contributed by atoms with van der Waals surface area (Å²) in [5, 5.41) is 1.04. The third-order valence-corrected chi connectivity index (χ3v) is 11.5. The average Bonchev–Trinajstić information content (AvgIpc) is 3.83. The molecule has 0 saturated carbocycles. The quantitative estimate of drug-likeness (QED) is 0.172. The largest absolute Gasteiger partial charge is 0.290 e. The van der Waals surface area contributed by atoms with Crippen molar-refractivity contribution in [3.63, 3.8) is 0 Å². The van der Waals surface area contributed by atoms with Gasteiger partial charge in [-0.15, -0.1) is 0 Å². The second-order valence-corrected chi connectivity index (χ2v) is 14.5. The number of para-hydroxylation sites is 2. The zero-order valence-electron chi connectivity index (χ0n) is 30.5. The summed E-state index contributed by atoms with van der Waals surface area (Å²) in [6.07, 6.45) is 0. The van der Waals surface area contributed by atoms with Crippen LogP contribution in [0, 0.1) is 0 Å². The molecule has 0 amide bonds. The summed E-state index contributed by atoms with van der Waals surface area (Å²) in [6, 6.07) is 76.2. The maximum absolute atomic E-state index is 5.46. The molecule has 3 nitrogen and oxygen atoms in total. The number of fused-ring (bicyclic) bond motifs is 6. The van der Waals surface area contributed by atoms with Crippen LogP contribution in [0.15, 0.2) is 212 Å². The fraction of sp³-hybridized carbons (Fsp3) is 0.0189. The first-order valence-electron chi connectivity index (χ1n) is 19.2. The number of imidazole rings is 1. The van der Waals surface area contributed by atoms with Gasteiger partial charge in [0.05, 0.1) is 16.6 Å². The molecule has 0 spiro atoms. The highest BCUT2D eigenvalue weighted by atomic mass is 15.1. The maximum Gasteiger partial charge on any atom is 0.145 e. The summed E-state index contributed by atoms with van der Waals surface area (Å²) >= 11 is 0. The highest BCUT2D eigenvalue weighted by Crippen LogP contribution is 2.56. The molecular weight excluding hydrogens is 679 g/mol. The minimum atomic E-state index is -0.446. The summed E-state index contributed by atoms with van der Waals surface area (Å²) in [5.74, 6) is 0.879. The lowest BCUT2D eigenvalue weighted by Crippen LogP contribution is -2.28. The molecule has 0 fully saturated rings. The van der Waals surface area contributed by atoms with Crippen LogP contribution in [0.2, 0.25) is 0 Å². The van der Waals surface area contributed by atoms with Gasteiger partial charge in [-0.05, 0) is 68.8 Å². The van der Waals surface area contributed by atoms with E-state index in [1.54, 1.807) is 0 Å². The molecule has 262 valence electrons. The molecule has 2 aromatic heterocycles. The summed E-state index contributed by atoms with van der Waals surface area (Å²) in [4.78, 5) is 10.7. The van der Waals surface area contributed by atoms with Crippen molar-refractivity contribution in [2.75, 3.05) is 0 Å². The molecular formula is C53H35N3. The zero-order valence-corrected chi connectivity index (χ0v) is 30.5. The van der Waals surface area contributed by atoms with Crippen LogP contribution >= 0.6 is 0 Å². The van der Waals surface area contributed by atoms with Crippen molar-refractivity contribution in [1.29, 1.82) is 0 Å². The number of hydrogen-bond acceptors (Lipinski definition) is 2. The van der Waals surface area contributed by atoms with Crippen molar-refractivity contribution in [2.24, 2.45) is 0 Å². The van der Waals surface area contributed by atoms with Crippen molar-refractivity contribution in [1.82, 2.24) is 14.5 Å². The van der Waals surface area contributed by atoms with Gasteiger partial charge >= 0.3 is 0 Å². The molecule has 1 aliphatic rings. The fourth-order valence-corrected chi connectivity index (χ4v) is 9.03. The van der Waals surface area contributed by atoms with Gasteiger partial charge in [-0.2, -0.15) is 0 Å². The first kappa shape index (κ1) is 32.1. The Morgan fingerprint density at radius 2 is 0.946 bits per heavy atom. The van der Waals surface area contributed by atoms with Gasteiger partial charge in [0, 0.05) is 22.2 Å². The van der Waals surface area contributed by atoms with Crippen molar-refractivity contribution in [3.8, 4) is 50.6 Å². The molecule has 1 aliphatic carbocycles. The van der Waals surface area contributed by atoms with E-state index in [2.05, 4.69) is 205 Å². The molecule has 0 atom stereocenters. The molecule has 3 heteroatoms. The van der Waals surface area contributed by atoms with Crippen molar-refractivity contribution < 1.29 is 0 Å². The van der Waals surface area contributed by atoms with Crippen LogP contribution in [0.1, 0.15) is 22.3 Å². The van der Waals surface area contributed by atoms with Gasteiger partial charge in [-0.3, -0.25) is 4.57 Å². The smallest absolute Gasteiger partial charge is 0.145 e. The normalized spacial score (nSPS) is 12.8. The van der Waals surface area contributed by atoms with Crippen molar-refractivity contribution in [3.05, 3.63) is 235 Å². The van der Waals surface area contributed by atoms with E-state index in [4.69, 9.17) is 9.97 Å². The molecule has 56 heavy (non-hydrogen) atoms. The highest BCUT2D eigenvalue weighted by molar-refractivity contribution is 6.09. The molecule has 0 aliphatic heterocycles. The van der Waals surface area contributed by atoms with E-state index in [1.165, 1.54) is 38.9 Å². The van der Waals surface area contributed by atoms with Crippen LogP contribution in [-0.4, -0.2) is 14.5 Å². The Hall–Kier alpha value is -7.36. The predicted molar refractivity (Wildman–Crippen MR) is 230 cm³/mol. The van der Waals surface area contributed by atoms with Crippen LogP contribution in [0.3, 0.4) is 0 Å². The molecule has 11 rings (SSSR count). The van der Waals surface area contributed by atoms with E-state index >= 15 is 0 Å². The minimum absolute atomic E-state index is 0.446. The van der Waals surface area contributed by atoms with Crippen LogP contribution in [0.25, 0.3) is 72.5 Å². The predicted octanol–water partition coefficient (Wildman–Crippen LogP) is 12.9. The van der Waals surface area contributed by atoms with Gasteiger partial charge in [0.25, 0.3) is 0 Å². The second kappa shape index (κ2) is 12.9. The Morgan fingerprint density at radius 1 is 0.393 bits per heavy atom. The standard InChI is InChI=1S/C53H35N3/c1-5-17-37(18-6-1)49-51-50(45-26-14-16-28-48(45)54-49)55-52(56(51)42-23-11-4-12-24-42)38-31-29-36(30-32-38)39-33-34-44-43-25-13-15-27-46(43)53(47(44)35-39,40-19-7-2-8-20-40)41-21-9-3-10-22-41/h1-35H. The monoisotopic (exact) mass is 713 g/mol. The van der Waals surface area contributed by atoms with Crippen LogP contribution < -0.4 is 0 Å². The molecule has 0 radical (unpaired) electrons. The Labute approximate surface area is 325 Å². The third kappa shape index (κ3) is 4.84. The first-order valence-corrected chi connectivity index (χ1v) is 19.2. The van der Waals surface area contributed by atoms with Crippen LogP contribution in [0.4, 0.5) is 0 Å². The Balaban J connectivity index is 1.10. The van der Waals surface area contributed by atoms with Crippen LogP contribution in [0.5, 0.6) is 0 Å². The van der Waals surface area contributed by atoms with E-state index < -0.39 is 5.41 Å². The number of rotatable bonds is 6. The molecule has 0 N–H and O–H groups in total. The maximum atomic E-state index is 5.46. The molecule has 10 aromatic rings. The SMILES string of the molecule is c1ccc(-c2nc3ccccc3c3nc(-c4ccc(-c5ccc6c(c5)C(c5ccccc5)(c5ccccc5)c5ccccc5-6)cc4)n(-c4ccccc4)c23)cc1. The van der Waals surface area contributed by atoms with E-state index in [1.807, 2.05) is 12.1 Å². The number of benzene rings is 8. The van der Waals surface area contributed by atoms with Gasteiger partial charge in [0.15, 0.2) is 0 Å². The van der Waals surface area contributed by atoms with E-state index in [0.717, 1.165) is 55.8 Å². The molecule has 2 heterocycles. The molecule has 0 saturated heterocycles. The van der Waals surface area contributed by atoms with Gasteiger partial charge in [0.2, 0.25) is 0 Å². The van der Waals surface area contributed by atoms with Gasteiger partial charge in [-0.1, -0.05) is 188 Å². The summed E-state index contributed by atoms with van der Waals surface area (Å²) in [7, 11) is 0. The highest BCUT2D eigenvalue weighted by Gasteiger charge is 2.46. The summed E-state index contributed by atoms with van der Waals surface area (Å²) < 4.78 is 2.28. The molecule has 0 unspecified atom stereocenters. The van der Waals surface area contributed by atoms with E-state index in [9.17, 15) is 0 Å². The summed E-state index contributed by atoms with van der Waals surface area (Å²) in [5.41, 5.74) is 16.5. The van der Waals surface area contributed by atoms with Gasteiger partial charge in [0.1, 0.15) is 16.9 Å². The van der Waals surface area contributed by atoms with E-state index in [0.29, 0.717) is 0 Å². The third-order valence-electron chi connectivity index (χ3n) is 11.5. The first-order chi connectivity index (χ1) is 27.8. The lowest BCUT2D eigenvalue weighted by atomic mass is 9.67. The Bertz CT molecular complexity index is 3000. The zero-order chi connectivity index (χ0) is 37.1. The van der Waals surface area contributed by atoms with Gasteiger partial charge < -0.3 is 0 Å². The fourth-order valence-electron chi connectivity index (χ4n) is 9.03. The van der Waals surface area contributed by atoms with Crippen molar-refractivity contribution in [2.45, 2.75) is 5.41 Å². The van der Waals surface area contributed by atoms with Crippen LogP contribution in [-0.2, 0) is 5.41 Å². The Kier molecular flexibility index (Phi) is 7.39. The van der Waals surface area contributed by atoms with E-state index in [-0.39, 0.29) is 0 Å². The average molecular weight is 714 g/mol. The van der Waals surface area contributed by atoms with Crippen molar-refractivity contribution >= 4 is 21.9 Å². The molecule has 0 bridgehead atoms. The number of nitrogens with zero attached hydrogens (tertiary/aromatic N) is 3. The number of aromatic nitrogens is 3. The second-order valence-electron chi connectivity index (χ2n) is 14.5. The molecule has 8 aromatic carbocycles. The lowest BCUT2D eigenvalue weighted by molar-refractivity contribution is 0.769. The van der Waals surface area contributed by atoms with Gasteiger partial charge in [-0.25, -0.2) is 9.97 Å². The number of pyridine rings is 1.